The van der Waals surface area contributed by atoms with Crippen LogP contribution < -0.4 is 5.73 Å². The molecule has 1 heterocycles. The van der Waals surface area contributed by atoms with E-state index in [-0.39, 0.29) is 5.54 Å². The number of hydrogen-bond donors (Lipinski definition) is 1. The Bertz CT molecular complexity index is 267. The number of hydrogen-bond acceptors (Lipinski definition) is 2. The molecule has 0 aromatic carbocycles. The van der Waals surface area contributed by atoms with Crippen molar-refractivity contribution in [1.29, 1.82) is 0 Å². The first kappa shape index (κ1) is 15.0. The topological polar surface area (TPSA) is 43.8 Å². The van der Waals surface area contributed by atoms with Crippen LogP contribution >= 0.6 is 0 Å². The molecule has 1 rings (SSSR count). The van der Waals surface area contributed by atoms with Crippen molar-refractivity contribution < 1.29 is 0 Å². The summed E-state index contributed by atoms with van der Waals surface area (Å²) in [6.45, 7) is 10.7. The van der Waals surface area contributed by atoms with Crippen molar-refractivity contribution in [2.75, 3.05) is 5.73 Å². The maximum Gasteiger partial charge on any atom is 0.122 e. The molecule has 1 aromatic heterocycles. The Morgan fingerprint density at radius 3 is 1.88 bits per heavy atom. The van der Waals surface area contributed by atoms with E-state index in [2.05, 4.69) is 39.7 Å². The van der Waals surface area contributed by atoms with Crippen LogP contribution in [0.1, 0.15) is 60.3 Å². The maximum atomic E-state index is 5.63. The highest BCUT2D eigenvalue weighted by Gasteiger charge is 2.14. The average Bonchev–Trinajstić information content (AvgIpc) is 2.62. The number of aromatic nitrogens is 2. The molecule has 3 nitrogen and oxygen atoms in total. The number of nitrogens with zero attached hydrogens (tertiary/aromatic N) is 2. The van der Waals surface area contributed by atoms with Crippen LogP contribution in [0.5, 0.6) is 0 Å². The van der Waals surface area contributed by atoms with E-state index in [9.17, 15) is 0 Å². The molecule has 0 aliphatic rings. The molecule has 0 radical (unpaired) electrons. The quantitative estimate of drug-likeness (QED) is 0.795. The second-order valence-corrected chi connectivity index (χ2v) is 5.05. The summed E-state index contributed by atoms with van der Waals surface area (Å²) in [7, 11) is 0. The molecule has 2 N–H and O–H groups in total. The lowest BCUT2D eigenvalue weighted by Crippen LogP contribution is -2.24. The molecule has 16 heavy (non-hydrogen) atoms. The van der Waals surface area contributed by atoms with Crippen LogP contribution in [0.25, 0.3) is 0 Å². The van der Waals surface area contributed by atoms with Crippen LogP contribution in [0.2, 0.25) is 0 Å². The van der Waals surface area contributed by atoms with Gasteiger partial charge in [0.1, 0.15) is 5.82 Å². The molecule has 0 bridgehead atoms. The first-order valence-electron chi connectivity index (χ1n) is 6.23. The molecule has 0 spiro atoms. The van der Waals surface area contributed by atoms with Gasteiger partial charge in [-0.1, -0.05) is 39.5 Å². The lowest BCUT2D eigenvalue weighted by Gasteiger charge is -2.20. The monoisotopic (exact) mass is 225 g/mol. The van der Waals surface area contributed by atoms with E-state index in [1.165, 1.54) is 25.7 Å². The SMILES string of the molecule is CC(C)(C)n1nccc1N.CCCCCC. The number of rotatable bonds is 3. The van der Waals surface area contributed by atoms with Crippen molar-refractivity contribution >= 4 is 5.82 Å². The summed E-state index contributed by atoms with van der Waals surface area (Å²) < 4.78 is 1.80. The zero-order valence-corrected chi connectivity index (χ0v) is 11.5. The number of nitrogen functional groups attached to an aromatic ring is 1. The minimum absolute atomic E-state index is 0.00637. The Balaban J connectivity index is 0.000000325. The van der Waals surface area contributed by atoms with Gasteiger partial charge in [0.15, 0.2) is 0 Å². The van der Waals surface area contributed by atoms with Gasteiger partial charge in [-0.2, -0.15) is 5.10 Å². The van der Waals surface area contributed by atoms with Gasteiger partial charge in [0.2, 0.25) is 0 Å². The van der Waals surface area contributed by atoms with E-state index in [4.69, 9.17) is 5.73 Å². The minimum atomic E-state index is -0.00637. The summed E-state index contributed by atoms with van der Waals surface area (Å²) in [5.41, 5.74) is 5.62. The van der Waals surface area contributed by atoms with Crippen molar-refractivity contribution in [3.63, 3.8) is 0 Å². The third kappa shape index (κ3) is 5.79. The molecule has 0 atom stereocenters. The zero-order chi connectivity index (χ0) is 12.6. The van der Waals surface area contributed by atoms with Crippen LogP contribution in [0.15, 0.2) is 12.3 Å². The van der Waals surface area contributed by atoms with Crippen molar-refractivity contribution in [3.05, 3.63) is 12.3 Å². The fourth-order valence-corrected chi connectivity index (χ4v) is 1.37. The summed E-state index contributed by atoms with van der Waals surface area (Å²) in [6.07, 6.45) is 7.25. The Morgan fingerprint density at radius 2 is 1.69 bits per heavy atom. The van der Waals surface area contributed by atoms with Crippen molar-refractivity contribution in [2.24, 2.45) is 0 Å². The summed E-state index contributed by atoms with van der Waals surface area (Å²) in [6, 6.07) is 1.80. The van der Waals surface area contributed by atoms with Crippen LogP contribution in [0, 0.1) is 0 Å². The van der Waals surface area contributed by atoms with Crippen LogP contribution in [0.3, 0.4) is 0 Å². The lowest BCUT2D eigenvalue weighted by atomic mass is 10.1. The summed E-state index contributed by atoms with van der Waals surface area (Å²) in [4.78, 5) is 0. The molecule has 0 saturated heterocycles. The third-order valence-corrected chi connectivity index (χ3v) is 2.26. The van der Waals surface area contributed by atoms with Gasteiger partial charge in [-0.15, -0.1) is 0 Å². The normalized spacial score (nSPS) is 10.8. The predicted molar refractivity (Wildman–Crippen MR) is 71.5 cm³/mol. The lowest BCUT2D eigenvalue weighted by molar-refractivity contribution is 0.361. The molecule has 0 aliphatic carbocycles. The van der Waals surface area contributed by atoms with Crippen LogP contribution in [-0.4, -0.2) is 9.78 Å². The molecule has 0 fully saturated rings. The van der Waals surface area contributed by atoms with Crippen molar-refractivity contribution in [3.8, 4) is 0 Å². The highest BCUT2D eigenvalue weighted by atomic mass is 15.3. The summed E-state index contributed by atoms with van der Waals surface area (Å²) >= 11 is 0. The fraction of sp³-hybridized carbons (Fsp3) is 0.769. The van der Waals surface area contributed by atoms with Crippen molar-refractivity contribution in [1.82, 2.24) is 9.78 Å². The largest absolute Gasteiger partial charge is 0.384 e. The Labute approximate surface area is 100 Å². The smallest absolute Gasteiger partial charge is 0.122 e. The molecule has 0 saturated carbocycles. The van der Waals surface area contributed by atoms with Crippen LogP contribution in [-0.2, 0) is 5.54 Å². The molecule has 0 unspecified atom stereocenters. The second-order valence-electron chi connectivity index (χ2n) is 5.05. The number of anilines is 1. The van der Waals surface area contributed by atoms with E-state index in [1.807, 2.05) is 0 Å². The van der Waals surface area contributed by atoms with E-state index < -0.39 is 0 Å². The number of nitrogens with two attached hydrogens (primary N) is 1. The summed E-state index contributed by atoms with van der Waals surface area (Å²) in [5.74, 6) is 0.715. The molecule has 0 amide bonds. The molecular formula is C13H27N3. The summed E-state index contributed by atoms with van der Waals surface area (Å²) in [5, 5.41) is 4.08. The Kier molecular flexibility index (Phi) is 6.86. The Hall–Kier alpha value is -0.990. The first-order valence-corrected chi connectivity index (χ1v) is 6.23. The van der Waals surface area contributed by atoms with Crippen molar-refractivity contribution in [2.45, 2.75) is 65.8 Å². The third-order valence-electron chi connectivity index (χ3n) is 2.26. The fourth-order valence-electron chi connectivity index (χ4n) is 1.37. The van der Waals surface area contributed by atoms with Gasteiger partial charge in [0.05, 0.1) is 11.7 Å². The van der Waals surface area contributed by atoms with Gasteiger partial charge in [-0.25, -0.2) is 4.68 Å². The van der Waals surface area contributed by atoms with Gasteiger partial charge in [0.25, 0.3) is 0 Å². The van der Waals surface area contributed by atoms with Gasteiger partial charge >= 0.3 is 0 Å². The van der Waals surface area contributed by atoms with Gasteiger partial charge in [-0.05, 0) is 26.8 Å². The van der Waals surface area contributed by atoms with E-state index in [1.54, 1.807) is 16.9 Å². The van der Waals surface area contributed by atoms with Gasteiger partial charge in [-0.3, -0.25) is 0 Å². The predicted octanol–water partition coefficient (Wildman–Crippen LogP) is 3.81. The molecule has 94 valence electrons. The van der Waals surface area contributed by atoms with Gasteiger partial charge < -0.3 is 5.73 Å². The highest BCUT2D eigenvalue weighted by Crippen LogP contribution is 2.15. The van der Waals surface area contributed by atoms with Crippen LogP contribution in [0.4, 0.5) is 5.82 Å². The average molecular weight is 225 g/mol. The second kappa shape index (κ2) is 7.31. The maximum absolute atomic E-state index is 5.63. The molecular weight excluding hydrogens is 198 g/mol. The first-order chi connectivity index (χ1) is 7.43. The molecule has 1 aromatic rings. The van der Waals surface area contributed by atoms with E-state index in [0.717, 1.165) is 0 Å². The molecule has 3 heteroatoms. The standard InChI is InChI=1S/C7H13N3.C6H14/c1-7(2,3)10-6(8)4-5-9-10;1-3-5-6-4-2/h4-5H,8H2,1-3H3;3-6H2,1-2H3. The van der Waals surface area contributed by atoms with E-state index in [0.29, 0.717) is 5.82 Å². The molecule has 0 aliphatic heterocycles. The van der Waals surface area contributed by atoms with E-state index >= 15 is 0 Å². The van der Waals surface area contributed by atoms with Gasteiger partial charge in [0, 0.05) is 0 Å². The Morgan fingerprint density at radius 1 is 1.19 bits per heavy atom. The zero-order valence-electron chi connectivity index (χ0n) is 11.5. The minimum Gasteiger partial charge on any atom is -0.384 e. The highest BCUT2D eigenvalue weighted by molar-refractivity contribution is 5.27. The number of unbranched alkanes of at least 4 members (excludes halogenated alkanes) is 3.